The fraction of sp³-hybridized carbons (Fsp3) is 0.625. The van der Waals surface area contributed by atoms with Gasteiger partial charge in [-0.2, -0.15) is 0 Å². The summed E-state index contributed by atoms with van der Waals surface area (Å²) in [5, 5.41) is 3.71. The van der Waals surface area contributed by atoms with Gasteiger partial charge in [0.15, 0.2) is 0 Å². The van der Waals surface area contributed by atoms with Crippen molar-refractivity contribution in [2.45, 2.75) is 6.42 Å². The quantitative estimate of drug-likeness (QED) is 0.485. The molecule has 0 saturated carbocycles. The fourth-order valence-corrected chi connectivity index (χ4v) is 1.14. The lowest BCUT2D eigenvalue weighted by atomic mass is 10.1. The number of nitrogens with zero attached hydrogens (tertiary/aromatic N) is 2. The third kappa shape index (κ3) is 3.74. The Morgan fingerprint density at radius 1 is 1.67 bits per heavy atom. The van der Waals surface area contributed by atoms with Crippen LogP contribution in [-0.4, -0.2) is 38.4 Å². The summed E-state index contributed by atoms with van der Waals surface area (Å²) in [6, 6.07) is 0. The van der Waals surface area contributed by atoms with Crippen LogP contribution in [0.5, 0.6) is 0 Å². The molecule has 12 heavy (non-hydrogen) atoms. The van der Waals surface area contributed by atoms with E-state index in [1.165, 1.54) is 5.57 Å². The molecule has 0 bridgehead atoms. The summed E-state index contributed by atoms with van der Waals surface area (Å²) in [4.78, 5) is 6.85. The van der Waals surface area contributed by atoms with Crippen LogP contribution in [0.1, 0.15) is 6.42 Å². The van der Waals surface area contributed by atoms with Crippen molar-refractivity contribution in [3.05, 3.63) is 11.6 Å². The maximum absolute atomic E-state index is 4.59. The van der Waals surface area contributed by atoms with E-state index in [0.717, 1.165) is 19.5 Å². The van der Waals surface area contributed by atoms with Crippen molar-refractivity contribution in [3.8, 4) is 0 Å². The maximum Gasteiger partial charge on any atom is 0.106 e. The Morgan fingerprint density at radius 3 is 3.00 bits per heavy atom. The van der Waals surface area contributed by atoms with Gasteiger partial charge < -0.3 is 9.74 Å². The highest BCUT2D eigenvalue weighted by Crippen LogP contribution is 2.04. The molecule has 1 heterocycles. The van der Waals surface area contributed by atoms with Crippen LogP contribution in [0.4, 0.5) is 0 Å². The highest BCUT2D eigenvalue weighted by molar-refractivity contribution is 5.85. The van der Waals surface area contributed by atoms with Gasteiger partial charge in [-0.05, 0) is 19.0 Å². The molecule has 0 N–H and O–H groups in total. The first-order chi connectivity index (χ1) is 5.33. The van der Waals surface area contributed by atoms with Crippen LogP contribution in [0.15, 0.2) is 16.8 Å². The zero-order chi connectivity index (χ0) is 8.10. The summed E-state index contributed by atoms with van der Waals surface area (Å²) in [7, 11) is 3.66. The second-order valence-electron chi connectivity index (χ2n) is 2.72. The molecule has 0 fully saturated rings. The van der Waals surface area contributed by atoms with Crippen LogP contribution in [0.25, 0.3) is 0 Å². The van der Waals surface area contributed by atoms with Crippen LogP contribution >= 0.6 is 12.4 Å². The van der Waals surface area contributed by atoms with Gasteiger partial charge in [-0.15, -0.1) is 12.4 Å². The Morgan fingerprint density at radius 2 is 2.42 bits per heavy atom. The van der Waals surface area contributed by atoms with Gasteiger partial charge in [0, 0.05) is 13.1 Å². The van der Waals surface area contributed by atoms with Crippen molar-refractivity contribution in [1.82, 2.24) is 4.90 Å². The summed E-state index contributed by atoms with van der Waals surface area (Å²) in [5.74, 6) is 0. The summed E-state index contributed by atoms with van der Waals surface area (Å²) < 4.78 is 0. The van der Waals surface area contributed by atoms with Crippen molar-refractivity contribution in [3.63, 3.8) is 0 Å². The van der Waals surface area contributed by atoms with E-state index in [-0.39, 0.29) is 12.4 Å². The second-order valence-corrected chi connectivity index (χ2v) is 2.72. The van der Waals surface area contributed by atoms with Gasteiger partial charge in [0.1, 0.15) is 7.11 Å². The van der Waals surface area contributed by atoms with Gasteiger partial charge in [-0.1, -0.05) is 11.2 Å². The molecule has 4 heteroatoms. The van der Waals surface area contributed by atoms with E-state index in [9.17, 15) is 0 Å². The lowest BCUT2D eigenvalue weighted by molar-refractivity contribution is 0.215. The van der Waals surface area contributed by atoms with E-state index in [4.69, 9.17) is 0 Å². The van der Waals surface area contributed by atoms with Crippen LogP contribution in [0.2, 0.25) is 0 Å². The van der Waals surface area contributed by atoms with Crippen LogP contribution < -0.4 is 0 Å². The smallest absolute Gasteiger partial charge is 0.106 e. The van der Waals surface area contributed by atoms with E-state index < -0.39 is 0 Å². The average Bonchev–Trinajstić information content (AvgIpc) is 2.01. The third-order valence-electron chi connectivity index (χ3n) is 1.69. The molecule has 0 saturated heterocycles. The zero-order valence-electron chi connectivity index (χ0n) is 7.49. The van der Waals surface area contributed by atoms with Gasteiger partial charge in [-0.25, -0.2) is 0 Å². The van der Waals surface area contributed by atoms with Crippen molar-refractivity contribution in [1.29, 1.82) is 0 Å². The first kappa shape index (κ1) is 11.5. The average molecular weight is 191 g/mol. The maximum atomic E-state index is 4.59. The predicted molar refractivity (Wildman–Crippen MR) is 52.9 cm³/mol. The summed E-state index contributed by atoms with van der Waals surface area (Å²) in [5.41, 5.74) is 1.24. The molecule has 0 aliphatic carbocycles. The lowest BCUT2D eigenvalue weighted by Gasteiger charge is -2.20. The van der Waals surface area contributed by atoms with Crippen LogP contribution in [-0.2, 0) is 4.84 Å². The van der Waals surface area contributed by atoms with Crippen LogP contribution in [0, 0.1) is 0 Å². The van der Waals surface area contributed by atoms with E-state index in [1.54, 1.807) is 13.3 Å². The van der Waals surface area contributed by atoms with Crippen LogP contribution in [0.3, 0.4) is 0 Å². The first-order valence-corrected chi connectivity index (χ1v) is 3.77. The van der Waals surface area contributed by atoms with Crippen molar-refractivity contribution < 1.29 is 4.84 Å². The fourth-order valence-electron chi connectivity index (χ4n) is 1.14. The summed E-state index contributed by atoms with van der Waals surface area (Å²) in [6.07, 6.45) is 5.08. The third-order valence-corrected chi connectivity index (χ3v) is 1.69. The number of rotatable bonds is 2. The molecule has 0 unspecified atom stereocenters. The molecular formula is C8H15ClN2O. The SMILES string of the molecule is CON=CC1=CCCN(C)C1.Cl. The summed E-state index contributed by atoms with van der Waals surface area (Å²) >= 11 is 0. The molecule has 0 spiro atoms. The van der Waals surface area contributed by atoms with Crippen molar-refractivity contribution >= 4 is 18.6 Å². The molecule has 1 rings (SSSR count). The zero-order valence-corrected chi connectivity index (χ0v) is 8.30. The molecule has 0 radical (unpaired) electrons. The highest BCUT2D eigenvalue weighted by Gasteiger charge is 2.05. The molecule has 3 nitrogen and oxygen atoms in total. The molecule has 70 valence electrons. The topological polar surface area (TPSA) is 24.8 Å². The Hall–Kier alpha value is -0.540. The predicted octanol–water partition coefficient (Wildman–Crippen LogP) is 1.30. The molecule has 0 aromatic carbocycles. The van der Waals surface area contributed by atoms with Gasteiger partial charge in [0.2, 0.25) is 0 Å². The lowest BCUT2D eigenvalue weighted by Crippen LogP contribution is -2.25. The molecule has 1 aliphatic rings. The monoisotopic (exact) mass is 190 g/mol. The van der Waals surface area contributed by atoms with Crippen molar-refractivity contribution in [2.24, 2.45) is 5.16 Å². The molecular weight excluding hydrogens is 176 g/mol. The number of hydrogen-bond acceptors (Lipinski definition) is 3. The molecule has 0 aromatic heterocycles. The van der Waals surface area contributed by atoms with Gasteiger partial charge in [-0.3, -0.25) is 0 Å². The van der Waals surface area contributed by atoms with Gasteiger partial charge >= 0.3 is 0 Å². The second kappa shape index (κ2) is 6.03. The Bertz CT molecular complexity index is 180. The molecule has 0 amide bonds. The molecule has 0 atom stereocenters. The van der Waals surface area contributed by atoms with E-state index in [0.29, 0.717) is 0 Å². The minimum atomic E-state index is 0. The molecule has 0 aromatic rings. The number of halogens is 1. The van der Waals surface area contributed by atoms with E-state index >= 15 is 0 Å². The van der Waals surface area contributed by atoms with E-state index in [2.05, 4.69) is 28.0 Å². The number of oxime groups is 1. The minimum absolute atomic E-state index is 0. The largest absolute Gasteiger partial charge is 0.399 e. The number of hydrogen-bond donors (Lipinski definition) is 0. The molecule has 1 aliphatic heterocycles. The van der Waals surface area contributed by atoms with Gasteiger partial charge in [0.25, 0.3) is 0 Å². The minimum Gasteiger partial charge on any atom is -0.399 e. The number of likely N-dealkylation sites (N-methyl/N-ethyl adjacent to an activating group) is 1. The van der Waals surface area contributed by atoms with Gasteiger partial charge in [0.05, 0.1) is 6.21 Å². The van der Waals surface area contributed by atoms with Crippen molar-refractivity contribution in [2.75, 3.05) is 27.2 Å². The van der Waals surface area contributed by atoms with E-state index in [1.807, 2.05) is 0 Å². The normalized spacial score (nSPS) is 18.7. The Labute approximate surface area is 79.5 Å². The first-order valence-electron chi connectivity index (χ1n) is 3.77. The Balaban J connectivity index is 0.00000121. The summed E-state index contributed by atoms with van der Waals surface area (Å²) in [6.45, 7) is 2.12. The standard InChI is InChI=1S/C8H14N2O.ClH/c1-10-5-3-4-8(7-10)6-9-11-2;/h4,6H,3,5,7H2,1-2H3;1H. The Kier molecular flexibility index (Phi) is 5.76. The highest BCUT2D eigenvalue weighted by atomic mass is 35.5.